The molecule has 2 aromatic heterocycles. The minimum atomic E-state index is 0.648. The van der Waals surface area contributed by atoms with E-state index in [-0.39, 0.29) is 0 Å². The van der Waals surface area contributed by atoms with E-state index < -0.39 is 0 Å². The first-order chi connectivity index (χ1) is 10.1. The number of hydrogen-bond acceptors (Lipinski definition) is 4. The van der Waals surface area contributed by atoms with Crippen LogP contribution in [0.1, 0.15) is 19.5 Å². The fourth-order valence-electron chi connectivity index (χ4n) is 1.79. The van der Waals surface area contributed by atoms with Crippen LogP contribution in [0, 0.1) is 0 Å². The fraction of sp³-hybridized carbons (Fsp3) is 0.188. The van der Waals surface area contributed by atoms with E-state index in [1.165, 1.54) is 0 Å². The van der Waals surface area contributed by atoms with Gasteiger partial charge in [0.2, 0.25) is 0 Å². The number of anilines is 1. The molecule has 0 bridgehead atoms. The van der Waals surface area contributed by atoms with Gasteiger partial charge in [-0.2, -0.15) is 0 Å². The summed E-state index contributed by atoms with van der Waals surface area (Å²) in [5, 5.41) is 3.68. The topological polar surface area (TPSA) is 50.7 Å². The molecule has 0 aliphatic carbocycles. The van der Waals surface area contributed by atoms with Crippen LogP contribution >= 0.6 is 11.6 Å². The largest absolute Gasteiger partial charge is 0.371 e. The molecular weight excluding hydrogens is 284 g/mol. The van der Waals surface area contributed by atoms with Crippen molar-refractivity contribution in [2.45, 2.75) is 13.8 Å². The van der Waals surface area contributed by atoms with Gasteiger partial charge < -0.3 is 5.32 Å². The second kappa shape index (κ2) is 6.50. The van der Waals surface area contributed by atoms with Gasteiger partial charge >= 0.3 is 0 Å². The molecule has 0 saturated heterocycles. The maximum atomic E-state index is 6.23. The van der Waals surface area contributed by atoms with E-state index in [1.807, 2.05) is 26.0 Å². The van der Waals surface area contributed by atoms with E-state index in [2.05, 4.69) is 26.8 Å². The Morgan fingerprint density at radius 3 is 2.71 bits per heavy atom. The molecule has 4 nitrogen and oxygen atoms in total. The van der Waals surface area contributed by atoms with E-state index in [0.717, 1.165) is 27.9 Å². The lowest BCUT2D eigenvalue weighted by Crippen LogP contribution is -1.99. The summed E-state index contributed by atoms with van der Waals surface area (Å²) in [6, 6.07) is 1.86. The maximum Gasteiger partial charge on any atom is 0.154 e. The smallest absolute Gasteiger partial charge is 0.154 e. The van der Waals surface area contributed by atoms with Crippen molar-refractivity contribution in [2.75, 3.05) is 12.4 Å². The Bertz CT molecular complexity index is 747. The third kappa shape index (κ3) is 3.28. The van der Waals surface area contributed by atoms with Crippen LogP contribution in [0.4, 0.5) is 5.82 Å². The van der Waals surface area contributed by atoms with Gasteiger partial charge in [0.25, 0.3) is 0 Å². The molecule has 21 heavy (non-hydrogen) atoms. The average molecular weight is 301 g/mol. The Kier molecular flexibility index (Phi) is 4.70. The molecular formula is C16H17ClN4. The number of halogens is 1. The maximum absolute atomic E-state index is 6.23. The monoisotopic (exact) mass is 300 g/mol. The third-order valence-corrected chi connectivity index (χ3v) is 3.54. The molecule has 2 heterocycles. The quantitative estimate of drug-likeness (QED) is 0.861. The summed E-state index contributed by atoms with van der Waals surface area (Å²) in [5.41, 5.74) is 3.93. The van der Waals surface area contributed by atoms with Gasteiger partial charge in [-0.1, -0.05) is 24.3 Å². The highest BCUT2D eigenvalue weighted by atomic mass is 35.5. The van der Waals surface area contributed by atoms with Gasteiger partial charge in [0.05, 0.1) is 11.2 Å². The van der Waals surface area contributed by atoms with E-state index in [9.17, 15) is 0 Å². The molecule has 2 rings (SSSR count). The van der Waals surface area contributed by atoms with Crippen LogP contribution in [0.2, 0.25) is 0 Å². The molecule has 0 saturated carbocycles. The molecule has 5 heteroatoms. The fourth-order valence-corrected chi connectivity index (χ4v) is 2.03. The second-order valence-electron chi connectivity index (χ2n) is 4.52. The van der Waals surface area contributed by atoms with Crippen LogP contribution in [0.15, 0.2) is 47.8 Å². The summed E-state index contributed by atoms with van der Waals surface area (Å²) in [6.45, 7) is 7.93. The van der Waals surface area contributed by atoms with Crippen molar-refractivity contribution in [2.24, 2.45) is 0 Å². The van der Waals surface area contributed by atoms with Crippen molar-refractivity contribution in [1.82, 2.24) is 15.0 Å². The average Bonchev–Trinajstić information content (AvgIpc) is 2.52. The summed E-state index contributed by atoms with van der Waals surface area (Å²) in [4.78, 5) is 13.1. The van der Waals surface area contributed by atoms with Crippen molar-refractivity contribution >= 4 is 34.0 Å². The van der Waals surface area contributed by atoms with Crippen LogP contribution in [0.5, 0.6) is 0 Å². The Morgan fingerprint density at radius 2 is 2.05 bits per heavy atom. The number of rotatable bonds is 4. The van der Waals surface area contributed by atoms with Crippen LogP contribution in [0.3, 0.4) is 0 Å². The number of nitrogens with zero attached hydrogens (tertiary/aromatic N) is 3. The Labute approximate surface area is 129 Å². The Morgan fingerprint density at radius 1 is 1.33 bits per heavy atom. The molecule has 0 spiro atoms. The van der Waals surface area contributed by atoms with Crippen LogP contribution in [-0.2, 0) is 0 Å². The van der Waals surface area contributed by atoms with Crippen LogP contribution in [0.25, 0.3) is 16.6 Å². The number of fused-ring (bicyclic) bond motifs is 1. The normalized spacial score (nSPS) is 12.6. The van der Waals surface area contributed by atoms with E-state index in [1.54, 1.807) is 25.5 Å². The van der Waals surface area contributed by atoms with Gasteiger partial charge in [0.15, 0.2) is 5.82 Å². The lowest BCUT2D eigenvalue weighted by molar-refractivity contribution is 1.22. The molecule has 2 aromatic rings. The number of allylic oxidation sites excluding steroid dienone is 5. The Balaban J connectivity index is 2.50. The summed E-state index contributed by atoms with van der Waals surface area (Å²) in [6.07, 6.45) is 7.05. The summed E-state index contributed by atoms with van der Waals surface area (Å²) in [5.74, 6) is 0.670. The van der Waals surface area contributed by atoms with Crippen LogP contribution in [-0.4, -0.2) is 22.0 Å². The Hall–Kier alpha value is -2.20. The van der Waals surface area contributed by atoms with Gasteiger partial charge in [0.1, 0.15) is 5.52 Å². The predicted molar refractivity (Wildman–Crippen MR) is 89.3 cm³/mol. The van der Waals surface area contributed by atoms with E-state index >= 15 is 0 Å². The van der Waals surface area contributed by atoms with Crippen molar-refractivity contribution in [3.63, 3.8) is 0 Å². The summed E-state index contributed by atoms with van der Waals surface area (Å²) in [7, 11) is 1.80. The van der Waals surface area contributed by atoms with Crippen LogP contribution < -0.4 is 5.32 Å². The molecule has 0 unspecified atom stereocenters. The zero-order valence-corrected chi connectivity index (χ0v) is 13.1. The summed E-state index contributed by atoms with van der Waals surface area (Å²) < 4.78 is 0. The summed E-state index contributed by atoms with van der Waals surface area (Å²) >= 11 is 6.23. The van der Waals surface area contributed by atoms with Crippen molar-refractivity contribution in [3.8, 4) is 0 Å². The minimum Gasteiger partial charge on any atom is -0.371 e. The molecule has 0 atom stereocenters. The van der Waals surface area contributed by atoms with E-state index in [4.69, 9.17) is 11.6 Å². The number of nitrogens with one attached hydrogen (secondary N) is 1. The molecule has 0 aliphatic heterocycles. The highest BCUT2D eigenvalue weighted by molar-refractivity contribution is 6.32. The lowest BCUT2D eigenvalue weighted by Gasteiger charge is -2.08. The van der Waals surface area contributed by atoms with Crippen molar-refractivity contribution in [3.05, 3.63) is 53.5 Å². The minimum absolute atomic E-state index is 0.648. The van der Waals surface area contributed by atoms with E-state index in [0.29, 0.717) is 10.9 Å². The molecule has 0 amide bonds. The first-order valence-electron chi connectivity index (χ1n) is 6.56. The number of hydrogen-bond donors (Lipinski definition) is 1. The van der Waals surface area contributed by atoms with Crippen molar-refractivity contribution in [1.29, 1.82) is 0 Å². The first-order valence-corrected chi connectivity index (χ1v) is 6.94. The number of aromatic nitrogens is 3. The molecule has 108 valence electrons. The molecule has 0 aliphatic rings. The second-order valence-corrected chi connectivity index (χ2v) is 4.93. The third-order valence-electron chi connectivity index (χ3n) is 3.13. The van der Waals surface area contributed by atoms with Gasteiger partial charge in [-0.15, -0.1) is 0 Å². The van der Waals surface area contributed by atoms with Gasteiger partial charge in [-0.25, -0.2) is 9.97 Å². The van der Waals surface area contributed by atoms with Gasteiger partial charge in [-0.05, 0) is 37.1 Å². The van der Waals surface area contributed by atoms with Crippen molar-refractivity contribution < 1.29 is 0 Å². The molecule has 0 radical (unpaired) electrons. The molecule has 0 fully saturated rings. The highest BCUT2D eigenvalue weighted by Crippen LogP contribution is 2.25. The predicted octanol–water partition coefficient (Wildman–Crippen LogP) is 4.17. The highest BCUT2D eigenvalue weighted by Gasteiger charge is 2.09. The standard InChI is InChI=1S/C16H17ClN4/c1-5-10(2)12(17)8-11(3)13-9-14-15(16(18-4)21-13)20-7-6-19-14/h5-9H,3H2,1-2,4H3,(H,18,21)/b10-5-,12-8+. The zero-order chi connectivity index (χ0) is 15.4. The first kappa shape index (κ1) is 15.2. The number of pyridine rings is 1. The SMILES string of the molecule is C=C(/C=C(Cl)\C(C)=C/C)c1cc2nccnc2c(NC)n1. The zero-order valence-electron chi connectivity index (χ0n) is 12.3. The lowest BCUT2D eigenvalue weighted by atomic mass is 10.1. The molecule has 0 aromatic carbocycles. The molecule has 1 N–H and O–H groups in total. The van der Waals surface area contributed by atoms with Gasteiger partial charge in [-0.3, -0.25) is 4.98 Å². The van der Waals surface area contributed by atoms with Gasteiger partial charge in [0, 0.05) is 24.5 Å².